The van der Waals surface area contributed by atoms with Crippen LogP contribution in [0.15, 0.2) is 42.5 Å². The van der Waals surface area contributed by atoms with Gasteiger partial charge in [0.05, 0.1) is 17.7 Å². The maximum absolute atomic E-state index is 14.5. The Morgan fingerprint density at radius 1 is 1.21 bits per heavy atom. The molecule has 0 aliphatic carbocycles. The van der Waals surface area contributed by atoms with Crippen molar-refractivity contribution in [2.45, 2.75) is 43.9 Å². The molecule has 28 heavy (non-hydrogen) atoms. The number of benzene rings is 2. The minimum atomic E-state index is -1.35. The Kier molecular flexibility index (Phi) is 4.73. The second-order valence-corrected chi connectivity index (χ2v) is 7.77. The third kappa shape index (κ3) is 3.11. The van der Waals surface area contributed by atoms with Crippen LogP contribution in [-0.4, -0.2) is 34.1 Å². The number of halogens is 1. The number of fused-ring (bicyclic) bond motifs is 1. The number of nitrogens with zero attached hydrogens (tertiary/aromatic N) is 1. The summed E-state index contributed by atoms with van der Waals surface area (Å²) in [5, 5.41) is 25.0. The lowest BCUT2D eigenvalue weighted by molar-refractivity contribution is -0.153. The second-order valence-electron chi connectivity index (χ2n) is 7.77. The molecular formula is C22H25FN2O3. The molecule has 0 spiro atoms. The van der Waals surface area contributed by atoms with Gasteiger partial charge in [0, 0.05) is 18.7 Å². The van der Waals surface area contributed by atoms with Crippen molar-refractivity contribution in [3.05, 3.63) is 65.0 Å². The Morgan fingerprint density at radius 3 is 2.54 bits per heavy atom. The highest BCUT2D eigenvalue weighted by molar-refractivity contribution is 5.99. The van der Waals surface area contributed by atoms with Gasteiger partial charge in [0.1, 0.15) is 11.5 Å². The first-order valence-electron chi connectivity index (χ1n) is 9.74. The number of piperidine rings is 1. The van der Waals surface area contributed by atoms with E-state index < -0.39 is 17.1 Å². The number of amides is 1. The minimum absolute atomic E-state index is 0.119. The lowest BCUT2D eigenvalue weighted by Gasteiger charge is -2.46. The third-order valence-electron chi connectivity index (χ3n) is 6.17. The smallest absolute Gasteiger partial charge is 0.228 e. The van der Waals surface area contributed by atoms with Gasteiger partial charge in [-0.1, -0.05) is 37.3 Å². The van der Waals surface area contributed by atoms with Crippen LogP contribution < -0.4 is 5.32 Å². The monoisotopic (exact) mass is 384 g/mol. The van der Waals surface area contributed by atoms with Crippen LogP contribution >= 0.6 is 0 Å². The van der Waals surface area contributed by atoms with Gasteiger partial charge in [-0.3, -0.25) is 9.69 Å². The van der Waals surface area contributed by atoms with E-state index in [-0.39, 0.29) is 18.0 Å². The van der Waals surface area contributed by atoms with Gasteiger partial charge in [0.25, 0.3) is 0 Å². The summed E-state index contributed by atoms with van der Waals surface area (Å²) in [6.07, 6.45) is 1.45. The van der Waals surface area contributed by atoms with E-state index in [0.717, 1.165) is 5.56 Å². The highest BCUT2D eigenvalue weighted by Gasteiger charge is 2.42. The molecule has 1 amide bonds. The SMILES string of the molecule is CC[C@](O)(c1cc(F)c2c(c1)CC(=O)N2)N1CCC(O)(c2ccccc2)CC1. The van der Waals surface area contributed by atoms with Crippen LogP contribution in [0.5, 0.6) is 0 Å². The molecule has 4 rings (SSSR count). The normalized spacial score (nSPS) is 21.1. The van der Waals surface area contributed by atoms with E-state index in [1.807, 2.05) is 42.2 Å². The van der Waals surface area contributed by atoms with Crippen molar-refractivity contribution in [2.24, 2.45) is 0 Å². The molecule has 0 radical (unpaired) electrons. The van der Waals surface area contributed by atoms with Crippen LogP contribution in [0.25, 0.3) is 0 Å². The second kappa shape index (κ2) is 6.95. The lowest BCUT2D eigenvalue weighted by atomic mass is 9.82. The van der Waals surface area contributed by atoms with Crippen LogP contribution in [0.3, 0.4) is 0 Å². The van der Waals surface area contributed by atoms with Gasteiger partial charge in [-0.15, -0.1) is 0 Å². The van der Waals surface area contributed by atoms with Gasteiger partial charge < -0.3 is 15.5 Å². The van der Waals surface area contributed by atoms with Gasteiger partial charge in [0.2, 0.25) is 5.91 Å². The lowest BCUT2D eigenvalue weighted by Crippen LogP contribution is -2.52. The van der Waals surface area contributed by atoms with Gasteiger partial charge in [-0.05, 0) is 42.5 Å². The largest absolute Gasteiger partial charge is 0.385 e. The molecule has 0 bridgehead atoms. The minimum Gasteiger partial charge on any atom is -0.385 e. The molecule has 3 N–H and O–H groups in total. The summed E-state index contributed by atoms with van der Waals surface area (Å²) in [5.74, 6) is -0.764. The molecule has 0 unspecified atom stereocenters. The topological polar surface area (TPSA) is 72.8 Å². The summed E-state index contributed by atoms with van der Waals surface area (Å²) >= 11 is 0. The first kappa shape index (κ1) is 19.1. The maximum Gasteiger partial charge on any atom is 0.228 e. The molecule has 2 heterocycles. The highest BCUT2D eigenvalue weighted by atomic mass is 19.1. The Morgan fingerprint density at radius 2 is 1.89 bits per heavy atom. The predicted octanol–water partition coefficient (Wildman–Crippen LogP) is 2.86. The molecule has 148 valence electrons. The summed E-state index contributed by atoms with van der Waals surface area (Å²) in [6.45, 7) is 2.81. The predicted molar refractivity (Wildman–Crippen MR) is 104 cm³/mol. The first-order chi connectivity index (χ1) is 13.4. The van der Waals surface area contributed by atoms with E-state index in [0.29, 0.717) is 43.5 Å². The fourth-order valence-corrected chi connectivity index (χ4v) is 4.42. The fourth-order valence-electron chi connectivity index (χ4n) is 4.42. The van der Waals surface area contributed by atoms with E-state index in [1.54, 1.807) is 6.07 Å². The Bertz CT molecular complexity index is 894. The Hall–Kier alpha value is -2.28. The van der Waals surface area contributed by atoms with Crippen LogP contribution in [-0.2, 0) is 22.5 Å². The van der Waals surface area contributed by atoms with Crippen LogP contribution in [0.4, 0.5) is 10.1 Å². The molecule has 1 atom stereocenters. The zero-order chi connectivity index (χ0) is 19.9. The molecular weight excluding hydrogens is 359 g/mol. The molecule has 1 fully saturated rings. The average Bonchev–Trinajstić information content (AvgIpc) is 3.09. The van der Waals surface area contributed by atoms with Crippen molar-refractivity contribution in [2.75, 3.05) is 18.4 Å². The number of anilines is 1. The number of hydrogen-bond acceptors (Lipinski definition) is 4. The third-order valence-corrected chi connectivity index (χ3v) is 6.17. The van der Waals surface area contributed by atoms with E-state index in [4.69, 9.17) is 0 Å². The number of likely N-dealkylation sites (tertiary alicyclic amines) is 1. The van der Waals surface area contributed by atoms with Crippen molar-refractivity contribution in [1.82, 2.24) is 4.90 Å². The first-order valence-corrected chi connectivity index (χ1v) is 9.74. The van der Waals surface area contributed by atoms with Crippen molar-refractivity contribution in [3.63, 3.8) is 0 Å². The Balaban J connectivity index is 1.59. The zero-order valence-corrected chi connectivity index (χ0v) is 15.9. The summed E-state index contributed by atoms with van der Waals surface area (Å²) in [7, 11) is 0. The molecule has 5 nitrogen and oxygen atoms in total. The Labute approximate surface area is 163 Å². The van der Waals surface area contributed by atoms with Crippen molar-refractivity contribution in [1.29, 1.82) is 0 Å². The number of aliphatic hydroxyl groups is 2. The molecule has 6 heteroatoms. The van der Waals surface area contributed by atoms with E-state index in [2.05, 4.69) is 5.32 Å². The quantitative estimate of drug-likeness (QED) is 0.758. The molecule has 2 aliphatic heterocycles. The van der Waals surface area contributed by atoms with Gasteiger partial charge in [-0.2, -0.15) is 0 Å². The summed E-state index contributed by atoms with van der Waals surface area (Å²) in [4.78, 5) is 13.5. The summed E-state index contributed by atoms with van der Waals surface area (Å²) in [5.41, 5.74) is -0.157. The van der Waals surface area contributed by atoms with Crippen LogP contribution in [0, 0.1) is 5.82 Å². The fraction of sp³-hybridized carbons (Fsp3) is 0.409. The number of hydrogen-bond donors (Lipinski definition) is 3. The molecule has 0 aromatic heterocycles. The number of nitrogens with one attached hydrogen (secondary N) is 1. The van der Waals surface area contributed by atoms with Crippen molar-refractivity contribution in [3.8, 4) is 0 Å². The van der Waals surface area contributed by atoms with Crippen molar-refractivity contribution < 1.29 is 19.4 Å². The van der Waals surface area contributed by atoms with E-state index >= 15 is 0 Å². The number of carbonyl (C=O) groups excluding carboxylic acids is 1. The van der Waals surface area contributed by atoms with E-state index in [1.165, 1.54) is 6.07 Å². The molecule has 1 saturated heterocycles. The van der Waals surface area contributed by atoms with Gasteiger partial charge in [-0.25, -0.2) is 4.39 Å². The standard InChI is InChI=1S/C22H25FN2O3/c1-2-22(28,17-12-15-13-19(26)24-20(15)18(23)14-17)25-10-8-21(27,9-11-25)16-6-4-3-5-7-16/h3-7,12,14,27-28H,2,8-11,13H2,1H3,(H,24,26)/t22-/m0/s1. The van der Waals surface area contributed by atoms with E-state index in [9.17, 15) is 19.4 Å². The molecule has 0 saturated carbocycles. The zero-order valence-electron chi connectivity index (χ0n) is 15.9. The van der Waals surface area contributed by atoms with Gasteiger partial charge >= 0.3 is 0 Å². The van der Waals surface area contributed by atoms with Gasteiger partial charge in [0.15, 0.2) is 0 Å². The van der Waals surface area contributed by atoms with Crippen LogP contribution in [0.2, 0.25) is 0 Å². The summed E-state index contributed by atoms with van der Waals surface area (Å²) < 4.78 is 14.5. The van der Waals surface area contributed by atoms with Crippen LogP contribution in [0.1, 0.15) is 42.9 Å². The number of rotatable bonds is 4. The maximum atomic E-state index is 14.5. The van der Waals surface area contributed by atoms with Crippen molar-refractivity contribution >= 4 is 11.6 Å². The molecule has 2 aromatic rings. The highest BCUT2D eigenvalue weighted by Crippen LogP contribution is 2.40. The molecule has 2 aliphatic rings. The average molecular weight is 384 g/mol. The molecule has 2 aromatic carbocycles. The number of carbonyl (C=O) groups is 1. The summed E-state index contributed by atoms with van der Waals surface area (Å²) in [6, 6.07) is 12.6.